The van der Waals surface area contributed by atoms with Gasteiger partial charge in [-0.25, -0.2) is 59.8 Å². The minimum atomic E-state index is 0.712. The fourth-order valence-corrected chi connectivity index (χ4v) is 22.1. The van der Waals surface area contributed by atoms with Gasteiger partial charge in [0.2, 0.25) is 0 Å². The van der Waals surface area contributed by atoms with Crippen LogP contribution in [0.3, 0.4) is 0 Å². The first-order valence-corrected chi connectivity index (χ1v) is 52.7. The van der Waals surface area contributed by atoms with E-state index < -0.39 is 0 Å². The Hall–Kier alpha value is -18.9. The molecular formula is C134H88N12S4. The van der Waals surface area contributed by atoms with E-state index in [0.29, 0.717) is 5.82 Å². The van der Waals surface area contributed by atoms with E-state index in [2.05, 4.69) is 352 Å². The van der Waals surface area contributed by atoms with E-state index in [1.807, 2.05) is 182 Å². The van der Waals surface area contributed by atoms with Crippen LogP contribution in [0.2, 0.25) is 0 Å². The zero-order valence-electron chi connectivity index (χ0n) is 80.8. The lowest BCUT2D eigenvalue weighted by molar-refractivity contribution is 1.18. The van der Waals surface area contributed by atoms with E-state index in [0.717, 1.165) is 232 Å². The molecule has 0 radical (unpaired) electrons. The van der Waals surface area contributed by atoms with Crippen LogP contribution in [-0.4, -0.2) is 59.8 Å². The number of benzene rings is 19. The van der Waals surface area contributed by atoms with Crippen molar-refractivity contribution in [3.63, 3.8) is 0 Å². The standard InChI is InChI=1S/3C35H23N3S.C29H19N3S/c1-4-12-24(13-5-1)30-23-31(37-34(36-30)25-14-6-2-7-15-25)29-19-11-10-18-28(29)27-20-21-33-32(22-27)38-35(39-33)26-16-8-3-9-17-26;1-4-11-24(12-5-1)30-23-31(37-34(36-30)25-13-6-2-7-14-25)29-18-10-17-27(21-29)28-19-20-33-32(22-28)38-35(39-33)26-15-8-3-9-16-26;1-4-10-25(11-5-1)30-23-31(37-34(36-30)27-12-6-2-7-13-27)26-18-16-24(17-19-26)29-20-21-33-32(22-29)38-35(39-33)28-14-8-3-9-15-28;1-4-11-20(12-5-1)25-19-26(31-28(30-25)21-13-6-2-7-14-21)23-17-10-18-24-27(23)33-29(32-24)22-15-8-3-9-16-22/h3*1-23H;1-19H. The van der Waals surface area contributed by atoms with Gasteiger partial charge in [0, 0.05) is 89.0 Å². The quantitative estimate of drug-likeness (QED) is 0.0757. The van der Waals surface area contributed by atoms with Gasteiger partial charge in [-0.15, -0.1) is 45.3 Å². The van der Waals surface area contributed by atoms with Crippen LogP contribution in [0.4, 0.5) is 0 Å². The Kier molecular flexibility index (Phi) is 27.1. The molecule has 0 aliphatic carbocycles. The van der Waals surface area contributed by atoms with Crippen molar-refractivity contribution in [3.8, 4) is 211 Å². The summed E-state index contributed by atoms with van der Waals surface area (Å²) in [7, 11) is 0. The van der Waals surface area contributed by atoms with Crippen LogP contribution in [0.1, 0.15) is 0 Å². The number of fused-ring (bicyclic) bond motifs is 4. The Labute approximate surface area is 884 Å². The molecule has 8 aromatic heterocycles. The first-order valence-electron chi connectivity index (χ1n) is 49.4. The van der Waals surface area contributed by atoms with Crippen LogP contribution in [0, 0.1) is 0 Å². The predicted octanol–water partition coefficient (Wildman–Crippen LogP) is 36.0. The summed E-state index contributed by atoms with van der Waals surface area (Å²) in [4.78, 5) is 59.4. The van der Waals surface area contributed by atoms with Gasteiger partial charge >= 0.3 is 0 Å². The molecular weight excluding hydrogens is 1910 g/mol. The second-order valence-corrected chi connectivity index (χ2v) is 39.8. The molecule has 0 saturated heterocycles. The van der Waals surface area contributed by atoms with Crippen LogP contribution < -0.4 is 0 Å². The van der Waals surface area contributed by atoms with Crippen molar-refractivity contribution in [3.05, 3.63) is 534 Å². The SMILES string of the molecule is c1ccc(-c2cc(-c3ccc(-c4ccc5sc(-c6ccccc6)nc5c4)cc3)nc(-c3ccccc3)n2)cc1.c1ccc(-c2cc(-c3cccc(-c4ccc5sc(-c6ccccc6)nc5c4)c3)nc(-c3ccccc3)n2)cc1.c1ccc(-c2cc(-c3cccc4nc(-c5ccccc5)sc34)nc(-c3ccccc3)n2)cc1.c1ccc(-c2cc(-c3ccccc3-c3ccc4sc(-c5ccccc5)nc4c3)nc(-c3ccccc3)n2)cc1. The second-order valence-electron chi connectivity index (χ2n) is 35.7. The molecule has 8 heterocycles. The Morgan fingerprint density at radius 2 is 0.333 bits per heavy atom. The van der Waals surface area contributed by atoms with Gasteiger partial charge in [0.05, 0.1) is 86.4 Å². The maximum Gasteiger partial charge on any atom is 0.160 e. The van der Waals surface area contributed by atoms with Crippen LogP contribution in [0.15, 0.2) is 534 Å². The first-order chi connectivity index (χ1) is 74.3. The maximum absolute atomic E-state index is 5.07. The Balaban J connectivity index is 0.000000107. The van der Waals surface area contributed by atoms with Crippen LogP contribution >= 0.6 is 45.3 Å². The van der Waals surface area contributed by atoms with E-state index in [-0.39, 0.29) is 0 Å². The van der Waals surface area contributed by atoms with E-state index in [1.165, 1.54) is 14.1 Å². The van der Waals surface area contributed by atoms with E-state index in [4.69, 9.17) is 59.8 Å². The third-order valence-corrected chi connectivity index (χ3v) is 30.2. The van der Waals surface area contributed by atoms with Crippen LogP contribution in [-0.2, 0) is 0 Å². The summed E-state index contributed by atoms with van der Waals surface area (Å²) < 4.78 is 4.68. The molecule has 0 aliphatic heterocycles. The predicted molar refractivity (Wildman–Crippen MR) is 624 cm³/mol. The Bertz CT molecular complexity index is 9160. The second kappa shape index (κ2) is 43.5. The first kappa shape index (κ1) is 93.4. The molecule has 0 saturated carbocycles. The lowest BCUT2D eigenvalue weighted by Gasteiger charge is -2.13. The monoisotopic (exact) mass is 1990 g/mol. The van der Waals surface area contributed by atoms with Crippen LogP contribution in [0.5, 0.6) is 0 Å². The van der Waals surface area contributed by atoms with Crippen molar-refractivity contribution in [1.82, 2.24) is 59.8 Å². The van der Waals surface area contributed by atoms with Gasteiger partial charge in [-0.05, 0) is 106 Å². The number of nitrogens with zero attached hydrogens (tertiary/aromatic N) is 12. The fraction of sp³-hybridized carbons (Fsp3) is 0. The van der Waals surface area contributed by atoms with Crippen molar-refractivity contribution in [1.29, 1.82) is 0 Å². The summed E-state index contributed by atoms with van der Waals surface area (Å²) in [5.74, 6) is 2.87. The molecule has 19 aromatic carbocycles. The summed E-state index contributed by atoms with van der Waals surface area (Å²) in [6.45, 7) is 0. The normalized spacial score (nSPS) is 11.1. The van der Waals surface area contributed by atoms with Gasteiger partial charge in [0.1, 0.15) is 20.0 Å². The molecule has 0 aliphatic rings. The molecule has 0 spiro atoms. The molecule has 16 heteroatoms. The highest BCUT2D eigenvalue weighted by molar-refractivity contribution is 7.23. The van der Waals surface area contributed by atoms with Gasteiger partial charge in [-0.3, -0.25) is 0 Å². The molecule has 0 bridgehead atoms. The molecule has 0 unspecified atom stereocenters. The summed E-state index contributed by atoms with van der Waals surface area (Å²) in [5, 5.41) is 4.13. The molecule has 0 amide bonds. The van der Waals surface area contributed by atoms with Gasteiger partial charge < -0.3 is 0 Å². The van der Waals surface area contributed by atoms with Crippen molar-refractivity contribution < 1.29 is 0 Å². The average molecular weight is 1990 g/mol. The van der Waals surface area contributed by atoms with Gasteiger partial charge in [-0.2, -0.15) is 0 Å². The summed E-state index contributed by atoms with van der Waals surface area (Å²) in [6, 6.07) is 183. The third-order valence-electron chi connectivity index (χ3n) is 25.8. The summed E-state index contributed by atoms with van der Waals surface area (Å²) in [6.07, 6.45) is 0. The van der Waals surface area contributed by atoms with Crippen molar-refractivity contribution >= 4 is 86.2 Å². The zero-order chi connectivity index (χ0) is 100. The highest BCUT2D eigenvalue weighted by Gasteiger charge is 2.22. The van der Waals surface area contributed by atoms with Crippen molar-refractivity contribution in [2.45, 2.75) is 0 Å². The maximum atomic E-state index is 5.07. The van der Waals surface area contributed by atoms with Crippen LogP contribution in [0.25, 0.3) is 252 Å². The average Bonchev–Trinajstić information content (AvgIpc) is 1.78. The number of hydrogen-bond donors (Lipinski definition) is 0. The lowest BCUT2D eigenvalue weighted by Crippen LogP contribution is -1.97. The van der Waals surface area contributed by atoms with Gasteiger partial charge in [0.15, 0.2) is 23.3 Å². The largest absolute Gasteiger partial charge is 0.236 e. The van der Waals surface area contributed by atoms with Gasteiger partial charge in [0.25, 0.3) is 0 Å². The fourth-order valence-electron chi connectivity index (χ4n) is 18.2. The third kappa shape index (κ3) is 21.1. The Morgan fingerprint density at radius 1 is 0.113 bits per heavy atom. The molecule has 708 valence electrons. The minimum absolute atomic E-state index is 0.712. The highest BCUT2D eigenvalue weighted by Crippen LogP contribution is 2.44. The molecule has 12 nitrogen and oxygen atoms in total. The van der Waals surface area contributed by atoms with Crippen molar-refractivity contribution in [2.24, 2.45) is 0 Å². The molecule has 0 fully saturated rings. The highest BCUT2D eigenvalue weighted by atomic mass is 32.1. The smallest absolute Gasteiger partial charge is 0.160 e. The number of hydrogen-bond acceptors (Lipinski definition) is 16. The number of rotatable bonds is 19. The number of thiazole rings is 4. The minimum Gasteiger partial charge on any atom is -0.236 e. The molecule has 150 heavy (non-hydrogen) atoms. The van der Waals surface area contributed by atoms with E-state index >= 15 is 0 Å². The molecule has 27 rings (SSSR count). The zero-order valence-corrected chi connectivity index (χ0v) is 84.1. The Morgan fingerprint density at radius 3 is 0.693 bits per heavy atom. The summed E-state index contributed by atoms with van der Waals surface area (Å²) >= 11 is 6.88. The van der Waals surface area contributed by atoms with Crippen molar-refractivity contribution in [2.75, 3.05) is 0 Å². The molecule has 0 N–H and O–H groups in total. The van der Waals surface area contributed by atoms with Gasteiger partial charge in [-0.1, -0.05) is 461 Å². The topological polar surface area (TPSA) is 155 Å². The van der Waals surface area contributed by atoms with E-state index in [1.54, 1.807) is 45.3 Å². The van der Waals surface area contributed by atoms with E-state index in [9.17, 15) is 0 Å². The number of aromatic nitrogens is 12. The lowest BCUT2D eigenvalue weighted by atomic mass is 9.96. The molecule has 0 atom stereocenters. The molecule has 27 aromatic rings. The summed E-state index contributed by atoms with van der Waals surface area (Å²) in [5.41, 5.74) is 35.1.